The molecule has 1 aliphatic carbocycles. The molecule has 0 aliphatic heterocycles. The van der Waals surface area contributed by atoms with Gasteiger partial charge in [0.2, 0.25) is 0 Å². The average Bonchev–Trinajstić information content (AvgIpc) is 2.28. The van der Waals surface area contributed by atoms with Gasteiger partial charge in [-0.3, -0.25) is 4.79 Å². The summed E-state index contributed by atoms with van der Waals surface area (Å²) in [5.74, 6) is -3.33. The first-order valence-electron chi connectivity index (χ1n) is 6.01. The van der Waals surface area contributed by atoms with Crippen molar-refractivity contribution in [3.63, 3.8) is 0 Å². The number of amides is 1. The van der Waals surface area contributed by atoms with Gasteiger partial charge in [0.05, 0.1) is 10.5 Å². The van der Waals surface area contributed by atoms with Gasteiger partial charge in [0.15, 0.2) is 11.6 Å². The zero-order valence-corrected chi connectivity index (χ0v) is 11.9. The standard InChI is InChI=1S/C12H12ClF2NO3S/c13-20(18,19)8-4-9(11(15)10(14)5-8)12(17)16-6-7-2-1-3-7/h4-5,7H,1-3,6H2,(H,16,17). The Kier molecular flexibility index (Phi) is 4.29. The third-order valence-electron chi connectivity index (χ3n) is 3.30. The van der Waals surface area contributed by atoms with E-state index in [1.807, 2.05) is 0 Å². The minimum absolute atomic E-state index is 0.340. The number of benzene rings is 1. The highest BCUT2D eigenvalue weighted by Crippen LogP contribution is 2.26. The molecule has 8 heteroatoms. The van der Waals surface area contributed by atoms with Gasteiger partial charge in [-0.15, -0.1) is 0 Å². The Hall–Kier alpha value is -1.21. The van der Waals surface area contributed by atoms with E-state index in [0.29, 0.717) is 18.5 Å². The summed E-state index contributed by atoms with van der Waals surface area (Å²) in [4.78, 5) is 11.1. The Labute approximate surface area is 119 Å². The van der Waals surface area contributed by atoms with Crippen LogP contribution in [0.4, 0.5) is 8.78 Å². The van der Waals surface area contributed by atoms with Gasteiger partial charge in [-0.25, -0.2) is 17.2 Å². The maximum absolute atomic E-state index is 13.6. The van der Waals surface area contributed by atoms with Crippen molar-refractivity contribution in [3.8, 4) is 0 Å². The van der Waals surface area contributed by atoms with Crippen molar-refractivity contribution in [2.45, 2.75) is 24.2 Å². The third-order valence-corrected chi connectivity index (χ3v) is 4.64. The van der Waals surface area contributed by atoms with Crippen LogP contribution in [0.5, 0.6) is 0 Å². The molecule has 0 spiro atoms. The Morgan fingerprint density at radius 1 is 1.35 bits per heavy atom. The Morgan fingerprint density at radius 3 is 2.50 bits per heavy atom. The summed E-state index contributed by atoms with van der Waals surface area (Å²) in [6.45, 7) is 0.359. The van der Waals surface area contributed by atoms with Crippen LogP contribution in [-0.2, 0) is 9.05 Å². The summed E-state index contributed by atoms with van der Waals surface area (Å²) in [7, 11) is 0.833. The summed E-state index contributed by atoms with van der Waals surface area (Å²) in [5.41, 5.74) is -0.663. The predicted molar refractivity (Wildman–Crippen MR) is 69.1 cm³/mol. The van der Waals surface area contributed by atoms with Crippen LogP contribution >= 0.6 is 10.7 Å². The molecule has 4 nitrogen and oxygen atoms in total. The summed E-state index contributed by atoms with van der Waals surface area (Å²) < 4.78 is 49.2. The molecular weight excluding hydrogens is 312 g/mol. The number of hydrogen-bond acceptors (Lipinski definition) is 3. The van der Waals surface area contributed by atoms with Gasteiger partial charge < -0.3 is 5.32 Å². The van der Waals surface area contributed by atoms with E-state index in [-0.39, 0.29) is 0 Å². The Bertz CT molecular complexity index is 644. The lowest BCUT2D eigenvalue weighted by molar-refractivity contribution is 0.0933. The minimum Gasteiger partial charge on any atom is -0.352 e. The van der Waals surface area contributed by atoms with E-state index in [4.69, 9.17) is 10.7 Å². The number of carbonyl (C=O) groups excluding carboxylic acids is 1. The molecule has 1 amide bonds. The van der Waals surface area contributed by atoms with E-state index in [0.717, 1.165) is 25.3 Å². The van der Waals surface area contributed by atoms with Crippen LogP contribution in [0.2, 0.25) is 0 Å². The molecule has 0 aromatic heterocycles. The number of carbonyl (C=O) groups is 1. The monoisotopic (exact) mass is 323 g/mol. The second kappa shape index (κ2) is 5.65. The summed E-state index contributed by atoms with van der Waals surface area (Å²) in [6, 6.07) is 1.18. The molecule has 1 aliphatic rings. The fourth-order valence-electron chi connectivity index (χ4n) is 1.90. The van der Waals surface area contributed by atoms with E-state index in [1.54, 1.807) is 0 Å². The van der Waals surface area contributed by atoms with Gasteiger partial charge in [-0.1, -0.05) is 6.42 Å². The van der Waals surface area contributed by atoms with Crippen LogP contribution in [0, 0.1) is 17.6 Å². The van der Waals surface area contributed by atoms with Crippen molar-refractivity contribution in [1.29, 1.82) is 0 Å². The largest absolute Gasteiger partial charge is 0.352 e. The SMILES string of the molecule is O=C(NCC1CCC1)c1cc(S(=O)(=O)Cl)cc(F)c1F. The van der Waals surface area contributed by atoms with Gasteiger partial charge >= 0.3 is 0 Å². The smallest absolute Gasteiger partial charge is 0.261 e. The van der Waals surface area contributed by atoms with E-state index < -0.39 is 37.1 Å². The summed E-state index contributed by atoms with van der Waals surface area (Å²) in [6.07, 6.45) is 3.05. The van der Waals surface area contributed by atoms with Gasteiger partial charge in [0.25, 0.3) is 15.0 Å². The third kappa shape index (κ3) is 3.27. The Balaban J connectivity index is 2.24. The first-order valence-corrected chi connectivity index (χ1v) is 8.32. The van der Waals surface area contributed by atoms with Gasteiger partial charge in [0.1, 0.15) is 0 Å². The lowest BCUT2D eigenvalue weighted by atomic mass is 9.85. The van der Waals surface area contributed by atoms with Crippen molar-refractivity contribution in [3.05, 3.63) is 29.3 Å². The summed E-state index contributed by atoms with van der Waals surface area (Å²) in [5, 5.41) is 2.46. The highest BCUT2D eigenvalue weighted by atomic mass is 35.7. The van der Waals surface area contributed by atoms with Gasteiger partial charge in [-0.05, 0) is 30.9 Å². The predicted octanol–water partition coefficient (Wildman–Crippen LogP) is 2.42. The molecule has 1 saturated carbocycles. The molecule has 1 aromatic rings. The number of halogens is 3. The first-order chi connectivity index (χ1) is 9.29. The highest BCUT2D eigenvalue weighted by molar-refractivity contribution is 8.13. The lowest BCUT2D eigenvalue weighted by Gasteiger charge is -2.25. The lowest BCUT2D eigenvalue weighted by Crippen LogP contribution is -2.32. The molecule has 1 fully saturated rings. The fourth-order valence-corrected chi connectivity index (χ4v) is 2.67. The number of rotatable bonds is 4. The van der Waals surface area contributed by atoms with E-state index in [1.165, 1.54) is 0 Å². The number of hydrogen-bond donors (Lipinski definition) is 1. The normalized spacial score (nSPS) is 15.8. The molecule has 0 atom stereocenters. The minimum atomic E-state index is -4.24. The second-order valence-corrected chi connectivity index (χ2v) is 7.28. The molecule has 0 saturated heterocycles. The van der Waals surface area contributed by atoms with Crippen molar-refractivity contribution in [2.24, 2.45) is 5.92 Å². The molecule has 0 unspecified atom stereocenters. The topological polar surface area (TPSA) is 63.2 Å². The first kappa shape index (κ1) is 15.2. The molecule has 0 heterocycles. The molecule has 0 bridgehead atoms. The quantitative estimate of drug-likeness (QED) is 0.866. The molecule has 110 valence electrons. The van der Waals surface area contributed by atoms with Crippen LogP contribution in [0.25, 0.3) is 0 Å². The molecule has 1 N–H and O–H groups in total. The molecule has 0 radical (unpaired) electrons. The fraction of sp³-hybridized carbons (Fsp3) is 0.417. The van der Waals surface area contributed by atoms with Gasteiger partial charge in [0, 0.05) is 17.2 Å². The van der Waals surface area contributed by atoms with Crippen LogP contribution in [0.3, 0.4) is 0 Å². The maximum Gasteiger partial charge on any atom is 0.261 e. The molecule has 1 aromatic carbocycles. The van der Waals surface area contributed by atoms with E-state index in [9.17, 15) is 22.0 Å². The molecular formula is C12H12ClF2NO3S. The Morgan fingerprint density at radius 2 is 2.00 bits per heavy atom. The van der Waals surface area contributed by atoms with Crippen LogP contribution in [0.1, 0.15) is 29.6 Å². The maximum atomic E-state index is 13.6. The van der Waals surface area contributed by atoms with E-state index in [2.05, 4.69) is 5.32 Å². The van der Waals surface area contributed by atoms with Crippen molar-refractivity contribution < 1.29 is 22.0 Å². The van der Waals surface area contributed by atoms with Gasteiger partial charge in [-0.2, -0.15) is 0 Å². The van der Waals surface area contributed by atoms with Crippen molar-refractivity contribution in [1.82, 2.24) is 5.32 Å². The van der Waals surface area contributed by atoms with E-state index >= 15 is 0 Å². The highest BCUT2D eigenvalue weighted by Gasteiger charge is 2.23. The molecule has 2 rings (SSSR count). The zero-order valence-electron chi connectivity index (χ0n) is 10.3. The molecule has 20 heavy (non-hydrogen) atoms. The van der Waals surface area contributed by atoms with Crippen LogP contribution in [-0.4, -0.2) is 20.9 Å². The van der Waals surface area contributed by atoms with Crippen LogP contribution in [0.15, 0.2) is 17.0 Å². The summed E-state index contributed by atoms with van der Waals surface area (Å²) >= 11 is 0. The second-order valence-electron chi connectivity index (χ2n) is 4.71. The van der Waals surface area contributed by atoms with Crippen molar-refractivity contribution >= 4 is 25.6 Å². The van der Waals surface area contributed by atoms with Crippen LogP contribution < -0.4 is 5.32 Å². The zero-order chi connectivity index (χ0) is 14.9. The number of nitrogens with one attached hydrogen (secondary N) is 1. The van der Waals surface area contributed by atoms with Crippen molar-refractivity contribution in [2.75, 3.05) is 6.54 Å². The average molecular weight is 324 g/mol.